The fraction of sp³-hybridized carbons (Fsp3) is 0.391. The van der Waals surface area contributed by atoms with Crippen molar-refractivity contribution >= 4 is 17.5 Å². The lowest BCUT2D eigenvalue weighted by Gasteiger charge is -2.32. The van der Waals surface area contributed by atoms with Crippen LogP contribution in [0.2, 0.25) is 0 Å². The summed E-state index contributed by atoms with van der Waals surface area (Å²) < 4.78 is 28.7. The highest BCUT2D eigenvalue weighted by atomic mass is 19.3. The molecule has 5 nitrogen and oxygen atoms in total. The van der Waals surface area contributed by atoms with Crippen LogP contribution in [0.5, 0.6) is 5.75 Å². The van der Waals surface area contributed by atoms with E-state index in [4.69, 9.17) is 0 Å². The molecule has 1 aliphatic rings. The maximum absolute atomic E-state index is 13.0. The molecule has 2 aromatic carbocycles. The fourth-order valence-corrected chi connectivity index (χ4v) is 3.67. The van der Waals surface area contributed by atoms with Gasteiger partial charge in [0.25, 0.3) is 5.91 Å². The second kappa shape index (κ2) is 9.69. The topological polar surface area (TPSA) is 58.6 Å². The lowest BCUT2D eigenvalue weighted by molar-refractivity contribution is -0.121. The summed E-state index contributed by atoms with van der Waals surface area (Å²) in [6.07, 6.45) is 1.15. The van der Waals surface area contributed by atoms with E-state index in [1.165, 1.54) is 24.3 Å². The molecule has 1 fully saturated rings. The smallest absolute Gasteiger partial charge is 0.387 e. The van der Waals surface area contributed by atoms with Crippen molar-refractivity contribution in [2.75, 3.05) is 18.4 Å². The molecule has 30 heavy (non-hydrogen) atoms. The molecule has 0 spiro atoms. The number of hydrogen-bond acceptors (Lipinski definition) is 3. The highest BCUT2D eigenvalue weighted by molar-refractivity contribution is 5.96. The quantitative estimate of drug-likeness (QED) is 0.729. The first-order valence-electron chi connectivity index (χ1n) is 10.1. The van der Waals surface area contributed by atoms with E-state index in [9.17, 15) is 18.4 Å². The molecule has 1 aliphatic heterocycles. The van der Waals surface area contributed by atoms with Crippen molar-refractivity contribution in [3.63, 3.8) is 0 Å². The molecule has 1 saturated heterocycles. The van der Waals surface area contributed by atoms with Crippen LogP contribution in [-0.4, -0.2) is 36.4 Å². The lowest BCUT2D eigenvalue weighted by atomic mass is 9.93. The molecular weight excluding hydrogens is 390 g/mol. The third kappa shape index (κ3) is 5.34. The number of carbonyl (C=O) groups is 2. The average molecular weight is 416 g/mol. The Morgan fingerprint density at radius 3 is 2.27 bits per heavy atom. The van der Waals surface area contributed by atoms with Gasteiger partial charge in [-0.15, -0.1) is 0 Å². The Morgan fingerprint density at radius 2 is 1.67 bits per heavy atom. The van der Waals surface area contributed by atoms with E-state index in [0.717, 1.165) is 11.1 Å². The van der Waals surface area contributed by atoms with Crippen LogP contribution in [0.3, 0.4) is 0 Å². The fourth-order valence-electron chi connectivity index (χ4n) is 3.67. The second-order valence-electron chi connectivity index (χ2n) is 7.70. The Hall–Kier alpha value is -2.96. The number of halogens is 2. The van der Waals surface area contributed by atoms with Crippen LogP contribution in [-0.2, 0) is 4.79 Å². The maximum Gasteiger partial charge on any atom is 0.387 e. The first-order chi connectivity index (χ1) is 14.3. The summed E-state index contributed by atoms with van der Waals surface area (Å²) >= 11 is 0. The molecule has 0 aliphatic carbocycles. The summed E-state index contributed by atoms with van der Waals surface area (Å²) in [5.74, 6) is -0.0335. The number of likely N-dealkylation sites (tertiary alicyclic amines) is 1. The van der Waals surface area contributed by atoms with Crippen molar-refractivity contribution in [3.05, 3.63) is 59.7 Å². The number of hydrogen-bond donors (Lipinski definition) is 1. The van der Waals surface area contributed by atoms with Crippen molar-refractivity contribution in [3.8, 4) is 5.75 Å². The average Bonchev–Trinajstić information content (AvgIpc) is 2.74. The molecule has 0 saturated carbocycles. The first kappa shape index (κ1) is 21.7. The summed E-state index contributed by atoms with van der Waals surface area (Å²) in [6, 6.07) is 13.5. The molecule has 0 radical (unpaired) electrons. The Balaban J connectivity index is 1.55. The van der Waals surface area contributed by atoms with Gasteiger partial charge in [-0.1, -0.05) is 32.0 Å². The van der Waals surface area contributed by atoms with Gasteiger partial charge in [0.15, 0.2) is 0 Å². The molecule has 7 heteroatoms. The molecule has 0 aromatic heterocycles. The van der Waals surface area contributed by atoms with E-state index in [1.807, 2.05) is 29.2 Å². The molecule has 0 atom stereocenters. The molecule has 0 bridgehead atoms. The Kier molecular flexibility index (Phi) is 7.03. The minimum absolute atomic E-state index is 0.00720. The summed E-state index contributed by atoms with van der Waals surface area (Å²) in [7, 11) is 0. The van der Waals surface area contributed by atoms with Gasteiger partial charge in [0.05, 0.1) is 0 Å². The number of ether oxygens (including phenoxy) is 1. The number of alkyl halides is 2. The third-order valence-corrected chi connectivity index (χ3v) is 5.31. The van der Waals surface area contributed by atoms with Crippen molar-refractivity contribution in [1.82, 2.24) is 4.90 Å². The lowest BCUT2D eigenvalue weighted by Crippen LogP contribution is -2.41. The predicted octanol–water partition coefficient (Wildman–Crippen LogP) is 4.90. The molecule has 2 amide bonds. The van der Waals surface area contributed by atoms with Gasteiger partial charge in [-0.05, 0) is 54.7 Å². The molecule has 1 N–H and O–H groups in total. The number of benzene rings is 2. The van der Waals surface area contributed by atoms with Crippen LogP contribution in [0.15, 0.2) is 48.5 Å². The summed E-state index contributed by atoms with van der Waals surface area (Å²) in [6.45, 7) is 2.28. The number of anilines is 1. The SMILES string of the molecule is CC(C)c1ccccc1C(=O)N1CCC(C(=O)Nc2ccc(OC(F)F)cc2)CC1. The zero-order valence-corrected chi connectivity index (χ0v) is 17.1. The molecule has 2 aromatic rings. The Bertz CT molecular complexity index is 876. The highest BCUT2D eigenvalue weighted by Crippen LogP contribution is 2.25. The zero-order chi connectivity index (χ0) is 21.7. The molecule has 160 valence electrons. The first-order valence-corrected chi connectivity index (χ1v) is 10.1. The van der Waals surface area contributed by atoms with Gasteiger partial charge in [-0.2, -0.15) is 8.78 Å². The zero-order valence-electron chi connectivity index (χ0n) is 17.1. The normalized spacial score (nSPS) is 14.8. The number of rotatable bonds is 6. The number of nitrogens with zero attached hydrogens (tertiary/aromatic N) is 1. The van der Waals surface area contributed by atoms with Crippen LogP contribution in [0.25, 0.3) is 0 Å². The van der Waals surface area contributed by atoms with Crippen LogP contribution in [0, 0.1) is 5.92 Å². The minimum Gasteiger partial charge on any atom is -0.435 e. The van der Waals surface area contributed by atoms with Crippen LogP contribution in [0.4, 0.5) is 14.5 Å². The van der Waals surface area contributed by atoms with E-state index in [2.05, 4.69) is 23.9 Å². The molecule has 0 unspecified atom stereocenters. The number of carbonyl (C=O) groups excluding carboxylic acids is 2. The van der Waals surface area contributed by atoms with Crippen molar-refractivity contribution in [2.24, 2.45) is 5.92 Å². The summed E-state index contributed by atoms with van der Waals surface area (Å²) in [5.41, 5.74) is 2.27. The highest BCUT2D eigenvalue weighted by Gasteiger charge is 2.29. The van der Waals surface area contributed by atoms with E-state index < -0.39 is 6.61 Å². The number of amides is 2. The van der Waals surface area contributed by atoms with Gasteiger partial charge in [-0.25, -0.2) is 0 Å². The summed E-state index contributed by atoms with van der Waals surface area (Å²) in [4.78, 5) is 27.3. The van der Waals surface area contributed by atoms with E-state index in [-0.39, 0.29) is 29.4 Å². The minimum atomic E-state index is -2.88. The number of piperidine rings is 1. The van der Waals surface area contributed by atoms with Crippen LogP contribution in [0.1, 0.15) is 48.5 Å². The van der Waals surface area contributed by atoms with Crippen molar-refractivity contribution in [1.29, 1.82) is 0 Å². The van der Waals surface area contributed by atoms with Crippen molar-refractivity contribution in [2.45, 2.75) is 39.2 Å². The van der Waals surface area contributed by atoms with Crippen LogP contribution < -0.4 is 10.1 Å². The second-order valence-corrected chi connectivity index (χ2v) is 7.70. The molecule has 3 rings (SSSR count). The van der Waals surface area contributed by atoms with Gasteiger partial charge in [0, 0.05) is 30.3 Å². The van der Waals surface area contributed by atoms with Crippen molar-refractivity contribution < 1.29 is 23.1 Å². The molecular formula is C23H26F2N2O3. The number of nitrogens with one attached hydrogen (secondary N) is 1. The maximum atomic E-state index is 13.0. The van der Waals surface area contributed by atoms with E-state index in [0.29, 0.717) is 31.6 Å². The van der Waals surface area contributed by atoms with Crippen LogP contribution >= 0.6 is 0 Å². The van der Waals surface area contributed by atoms with Gasteiger partial charge >= 0.3 is 6.61 Å². The van der Waals surface area contributed by atoms with E-state index >= 15 is 0 Å². The van der Waals surface area contributed by atoms with Gasteiger partial charge in [0.1, 0.15) is 5.75 Å². The third-order valence-electron chi connectivity index (χ3n) is 5.31. The monoisotopic (exact) mass is 416 g/mol. The van der Waals surface area contributed by atoms with Gasteiger partial charge < -0.3 is 15.0 Å². The van der Waals surface area contributed by atoms with Gasteiger partial charge in [0.2, 0.25) is 5.91 Å². The summed E-state index contributed by atoms with van der Waals surface area (Å²) in [5, 5.41) is 2.81. The largest absolute Gasteiger partial charge is 0.435 e. The van der Waals surface area contributed by atoms with E-state index in [1.54, 1.807) is 0 Å². The Morgan fingerprint density at radius 1 is 1.03 bits per heavy atom. The van der Waals surface area contributed by atoms with Gasteiger partial charge in [-0.3, -0.25) is 9.59 Å². The standard InChI is InChI=1S/C23H26F2N2O3/c1-15(2)19-5-3-4-6-20(19)22(29)27-13-11-16(12-14-27)21(28)26-17-7-9-18(10-8-17)30-23(24)25/h3-10,15-16,23H,11-14H2,1-2H3,(H,26,28). The molecule has 1 heterocycles. The Labute approximate surface area is 175 Å². The predicted molar refractivity (Wildman–Crippen MR) is 111 cm³/mol.